The number of ketones is 1. The van der Waals surface area contributed by atoms with Crippen LogP contribution in [0.4, 0.5) is 0 Å². The molecule has 4 heteroatoms. The van der Waals surface area contributed by atoms with Crippen LogP contribution in [-0.4, -0.2) is 28.1 Å². The van der Waals surface area contributed by atoms with Gasteiger partial charge in [-0.05, 0) is 0 Å². The number of rotatable bonds is 3. The molecule has 0 aliphatic carbocycles. The van der Waals surface area contributed by atoms with Crippen LogP contribution in [-0.2, 0) is 9.59 Å². The first-order valence-corrected chi connectivity index (χ1v) is 3.69. The van der Waals surface area contributed by atoms with E-state index in [0.29, 0.717) is 0 Å². The number of aliphatic hydroxyl groups excluding tert-OH is 1. The predicted octanol–water partition coefficient (Wildman–Crippen LogP) is 0.437. The van der Waals surface area contributed by atoms with Crippen molar-refractivity contribution in [1.82, 2.24) is 0 Å². The normalized spacial score (nSPS) is 14.0. The number of carboxylic acid groups (broad SMARTS) is 1. The van der Waals surface area contributed by atoms with E-state index in [2.05, 4.69) is 0 Å². The number of carbonyl (C=O) groups excluding carboxylic acids is 1. The molecule has 0 aromatic heterocycles. The van der Waals surface area contributed by atoms with Crippen LogP contribution in [0.2, 0.25) is 0 Å². The van der Waals surface area contributed by atoms with E-state index in [0.717, 1.165) is 0 Å². The number of hydrogen-bond donors (Lipinski definition) is 2. The molecule has 12 heavy (non-hydrogen) atoms. The molecule has 0 saturated carbocycles. The summed E-state index contributed by atoms with van der Waals surface area (Å²) in [5, 5.41) is 17.4. The Morgan fingerprint density at radius 2 is 1.75 bits per heavy atom. The molecule has 0 aromatic rings. The molecular formula is C8H14O4. The maximum Gasteiger partial charge on any atom is 0.306 e. The van der Waals surface area contributed by atoms with E-state index in [-0.39, 0.29) is 0 Å². The number of hydrogen-bond acceptors (Lipinski definition) is 3. The molecule has 0 unspecified atom stereocenters. The summed E-state index contributed by atoms with van der Waals surface area (Å²) < 4.78 is 0. The van der Waals surface area contributed by atoms with Crippen LogP contribution in [0.1, 0.15) is 27.2 Å². The Labute approximate surface area is 71.2 Å². The van der Waals surface area contributed by atoms with E-state index in [4.69, 9.17) is 10.2 Å². The lowest BCUT2D eigenvalue weighted by atomic mass is 9.87. The van der Waals surface area contributed by atoms with Gasteiger partial charge in [0.05, 0.1) is 6.42 Å². The van der Waals surface area contributed by atoms with Crippen LogP contribution in [0.15, 0.2) is 0 Å². The molecule has 0 aliphatic rings. The van der Waals surface area contributed by atoms with Crippen molar-refractivity contribution in [2.75, 3.05) is 0 Å². The van der Waals surface area contributed by atoms with Crippen molar-refractivity contribution in [1.29, 1.82) is 0 Å². The van der Waals surface area contributed by atoms with Crippen LogP contribution in [0, 0.1) is 5.41 Å². The molecule has 0 heterocycles. The first-order valence-electron chi connectivity index (χ1n) is 3.69. The maximum absolute atomic E-state index is 11.2. The largest absolute Gasteiger partial charge is 0.481 e. The van der Waals surface area contributed by atoms with E-state index < -0.39 is 29.7 Å². The van der Waals surface area contributed by atoms with Gasteiger partial charge < -0.3 is 10.2 Å². The van der Waals surface area contributed by atoms with Crippen molar-refractivity contribution >= 4 is 11.8 Å². The maximum atomic E-state index is 11.2. The zero-order valence-electron chi connectivity index (χ0n) is 7.50. The smallest absolute Gasteiger partial charge is 0.306 e. The van der Waals surface area contributed by atoms with Crippen LogP contribution in [0.5, 0.6) is 0 Å². The van der Waals surface area contributed by atoms with Gasteiger partial charge in [0.2, 0.25) is 0 Å². The molecular weight excluding hydrogens is 160 g/mol. The summed E-state index contributed by atoms with van der Waals surface area (Å²) in [5.74, 6) is -1.61. The molecule has 0 saturated heterocycles. The molecule has 0 aromatic carbocycles. The van der Waals surface area contributed by atoms with Gasteiger partial charge in [0.15, 0.2) is 5.78 Å². The van der Waals surface area contributed by atoms with Gasteiger partial charge in [0, 0.05) is 5.41 Å². The Morgan fingerprint density at radius 3 is 2.00 bits per heavy atom. The molecule has 0 fully saturated rings. The Morgan fingerprint density at radius 1 is 1.33 bits per heavy atom. The minimum atomic E-state index is -1.39. The van der Waals surface area contributed by atoms with Crippen molar-refractivity contribution in [3.8, 4) is 0 Å². The van der Waals surface area contributed by atoms with E-state index in [1.807, 2.05) is 0 Å². The second-order valence-electron chi connectivity index (χ2n) is 3.73. The first-order chi connectivity index (χ1) is 5.25. The second kappa shape index (κ2) is 3.67. The van der Waals surface area contributed by atoms with Crippen molar-refractivity contribution in [2.24, 2.45) is 5.41 Å². The third-order valence-electron chi connectivity index (χ3n) is 1.41. The monoisotopic (exact) mass is 174 g/mol. The van der Waals surface area contributed by atoms with Gasteiger partial charge in [-0.2, -0.15) is 0 Å². The molecule has 0 amide bonds. The summed E-state index contributed by atoms with van der Waals surface area (Å²) in [7, 11) is 0. The van der Waals surface area contributed by atoms with Crippen molar-refractivity contribution < 1.29 is 19.8 Å². The molecule has 4 nitrogen and oxygen atoms in total. The highest BCUT2D eigenvalue weighted by molar-refractivity contribution is 5.90. The Bertz CT molecular complexity index is 190. The summed E-state index contributed by atoms with van der Waals surface area (Å²) >= 11 is 0. The predicted molar refractivity (Wildman–Crippen MR) is 42.7 cm³/mol. The third-order valence-corrected chi connectivity index (χ3v) is 1.41. The van der Waals surface area contributed by atoms with Crippen LogP contribution < -0.4 is 0 Å². The van der Waals surface area contributed by atoms with Crippen LogP contribution in [0.25, 0.3) is 0 Å². The summed E-state index contributed by atoms with van der Waals surface area (Å²) in [4.78, 5) is 21.3. The van der Waals surface area contributed by atoms with Crippen molar-refractivity contribution in [3.05, 3.63) is 0 Å². The highest BCUT2D eigenvalue weighted by atomic mass is 16.4. The molecule has 1 atom stereocenters. The highest BCUT2D eigenvalue weighted by Crippen LogP contribution is 2.17. The highest BCUT2D eigenvalue weighted by Gasteiger charge is 2.29. The number of carboxylic acids is 1. The fraction of sp³-hybridized carbons (Fsp3) is 0.750. The summed E-state index contributed by atoms with van der Waals surface area (Å²) in [6.45, 7) is 4.92. The van der Waals surface area contributed by atoms with Gasteiger partial charge in [0.1, 0.15) is 6.10 Å². The standard InChI is InChI=1S/C8H14O4/c1-8(2,3)7(12)5(9)4-6(10)11/h5,9H,4H2,1-3H3,(H,10,11)/t5-/m0/s1. The fourth-order valence-corrected chi connectivity index (χ4v) is 0.758. The molecule has 70 valence electrons. The summed E-state index contributed by atoms with van der Waals surface area (Å²) in [6.07, 6.45) is -1.90. The van der Waals surface area contributed by atoms with Gasteiger partial charge in [-0.1, -0.05) is 20.8 Å². The molecule has 0 radical (unpaired) electrons. The first kappa shape index (κ1) is 11.1. The number of Topliss-reactive ketones (excluding diaryl/α,β-unsaturated/α-hetero) is 1. The third kappa shape index (κ3) is 3.48. The SMILES string of the molecule is CC(C)(C)C(=O)[C@@H](O)CC(=O)O. The summed E-state index contributed by atoms with van der Waals surface area (Å²) in [6, 6.07) is 0. The lowest BCUT2D eigenvalue weighted by Crippen LogP contribution is -2.33. The molecule has 0 aliphatic heterocycles. The zero-order valence-corrected chi connectivity index (χ0v) is 7.50. The van der Waals surface area contributed by atoms with E-state index >= 15 is 0 Å². The number of carbonyl (C=O) groups is 2. The number of aliphatic hydroxyl groups is 1. The number of aliphatic carboxylic acids is 1. The Hall–Kier alpha value is -0.900. The molecule has 0 bridgehead atoms. The fourth-order valence-electron chi connectivity index (χ4n) is 0.758. The average Bonchev–Trinajstić information content (AvgIpc) is 1.82. The van der Waals surface area contributed by atoms with Crippen molar-refractivity contribution in [2.45, 2.75) is 33.3 Å². The van der Waals surface area contributed by atoms with Gasteiger partial charge in [0.25, 0.3) is 0 Å². The lowest BCUT2D eigenvalue weighted by Gasteiger charge is -2.19. The van der Waals surface area contributed by atoms with Gasteiger partial charge in [-0.15, -0.1) is 0 Å². The van der Waals surface area contributed by atoms with E-state index in [9.17, 15) is 9.59 Å². The Balaban J connectivity index is 4.21. The molecule has 0 spiro atoms. The quantitative estimate of drug-likeness (QED) is 0.651. The minimum absolute atomic E-state index is 0.440. The topological polar surface area (TPSA) is 74.6 Å². The second-order valence-corrected chi connectivity index (χ2v) is 3.73. The van der Waals surface area contributed by atoms with Crippen LogP contribution >= 0.6 is 0 Å². The lowest BCUT2D eigenvalue weighted by molar-refractivity contribution is -0.145. The van der Waals surface area contributed by atoms with Crippen LogP contribution in [0.3, 0.4) is 0 Å². The van der Waals surface area contributed by atoms with Crippen molar-refractivity contribution in [3.63, 3.8) is 0 Å². The van der Waals surface area contributed by atoms with Gasteiger partial charge >= 0.3 is 5.97 Å². The Kier molecular flexibility index (Phi) is 3.39. The average molecular weight is 174 g/mol. The minimum Gasteiger partial charge on any atom is -0.481 e. The van der Waals surface area contributed by atoms with Gasteiger partial charge in [-0.25, -0.2) is 0 Å². The van der Waals surface area contributed by atoms with E-state index in [1.54, 1.807) is 20.8 Å². The molecule has 2 N–H and O–H groups in total. The zero-order chi connectivity index (χ0) is 9.94. The molecule has 0 rings (SSSR count). The van der Waals surface area contributed by atoms with Gasteiger partial charge in [-0.3, -0.25) is 9.59 Å². The summed E-state index contributed by atoms with van der Waals surface area (Å²) in [5.41, 5.74) is -0.686. The van der Waals surface area contributed by atoms with E-state index in [1.165, 1.54) is 0 Å².